The zero-order valence-corrected chi connectivity index (χ0v) is 7.51. The Kier molecular flexibility index (Phi) is 3.57. The maximum atomic E-state index is 11.9. The number of aromatic nitrogens is 1. The second-order valence-corrected chi connectivity index (χ2v) is 3.03. The molecule has 1 heterocycles. The highest BCUT2D eigenvalue weighted by molar-refractivity contribution is 6.29. The summed E-state index contributed by atoms with van der Waals surface area (Å²) in [5.41, 5.74) is 6.06. The second kappa shape index (κ2) is 4.48. The van der Waals surface area contributed by atoms with Gasteiger partial charge in [0.2, 0.25) is 6.43 Å². The van der Waals surface area contributed by atoms with E-state index in [1.54, 1.807) is 6.07 Å². The van der Waals surface area contributed by atoms with Gasteiger partial charge in [-0.25, -0.2) is 13.8 Å². The lowest BCUT2D eigenvalue weighted by Crippen LogP contribution is -2.14. The molecule has 1 aromatic heterocycles. The van der Waals surface area contributed by atoms with Crippen LogP contribution < -0.4 is 5.73 Å². The summed E-state index contributed by atoms with van der Waals surface area (Å²) < 4.78 is 23.8. The molecule has 0 radical (unpaired) electrons. The van der Waals surface area contributed by atoms with Gasteiger partial charge in [0.05, 0.1) is 0 Å². The Morgan fingerprint density at radius 2 is 2.15 bits per heavy atom. The van der Waals surface area contributed by atoms with Crippen molar-refractivity contribution in [3.8, 4) is 0 Å². The number of hydrogen-bond acceptors (Lipinski definition) is 2. The van der Waals surface area contributed by atoms with Crippen molar-refractivity contribution in [2.24, 2.45) is 5.73 Å². The van der Waals surface area contributed by atoms with Gasteiger partial charge < -0.3 is 5.73 Å². The quantitative estimate of drug-likeness (QED) is 0.772. The number of hydrogen-bond donors (Lipinski definition) is 1. The molecule has 0 spiro atoms. The van der Waals surface area contributed by atoms with Crippen molar-refractivity contribution < 1.29 is 8.78 Å². The van der Waals surface area contributed by atoms with Crippen LogP contribution >= 0.6 is 11.6 Å². The number of alkyl halides is 2. The fourth-order valence-electron chi connectivity index (χ4n) is 0.935. The first-order chi connectivity index (χ1) is 6.09. The van der Waals surface area contributed by atoms with E-state index >= 15 is 0 Å². The molecule has 0 aliphatic heterocycles. The molecule has 2 nitrogen and oxygen atoms in total. The van der Waals surface area contributed by atoms with Gasteiger partial charge in [0.1, 0.15) is 5.15 Å². The van der Waals surface area contributed by atoms with E-state index in [1.807, 2.05) is 0 Å². The lowest BCUT2D eigenvalue weighted by atomic mass is 10.1. The fourth-order valence-corrected chi connectivity index (χ4v) is 1.05. The number of nitrogens with zero attached hydrogens (tertiary/aromatic N) is 1. The third-order valence-corrected chi connectivity index (χ3v) is 1.83. The fraction of sp³-hybridized carbons (Fsp3) is 0.375. The highest BCUT2D eigenvalue weighted by Crippen LogP contribution is 2.18. The predicted molar refractivity (Wildman–Crippen MR) is 46.8 cm³/mol. The lowest BCUT2D eigenvalue weighted by Gasteiger charge is -2.10. The molecule has 0 unspecified atom stereocenters. The Morgan fingerprint density at radius 1 is 1.46 bits per heavy atom. The highest BCUT2D eigenvalue weighted by atomic mass is 35.5. The summed E-state index contributed by atoms with van der Waals surface area (Å²) in [5.74, 6) is 0. The molecule has 13 heavy (non-hydrogen) atoms. The van der Waals surface area contributed by atoms with E-state index in [1.165, 1.54) is 12.3 Å². The van der Waals surface area contributed by atoms with Gasteiger partial charge in [-0.3, -0.25) is 0 Å². The minimum absolute atomic E-state index is 0.327. The van der Waals surface area contributed by atoms with Crippen molar-refractivity contribution in [1.82, 2.24) is 4.98 Å². The Hall–Kier alpha value is -0.740. The molecule has 0 fully saturated rings. The first-order valence-electron chi connectivity index (χ1n) is 3.75. The van der Waals surface area contributed by atoms with Crippen LogP contribution in [0.5, 0.6) is 0 Å². The molecular weight excluding hydrogens is 198 g/mol. The normalized spacial score (nSPS) is 13.3. The van der Waals surface area contributed by atoms with E-state index in [4.69, 9.17) is 17.3 Å². The zero-order valence-electron chi connectivity index (χ0n) is 6.75. The van der Waals surface area contributed by atoms with Gasteiger partial charge in [-0.15, -0.1) is 0 Å². The average molecular weight is 207 g/mol. The Labute approximate surface area is 79.7 Å². The number of nitrogens with two attached hydrogens (primary N) is 1. The summed E-state index contributed by atoms with van der Waals surface area (Å²) in [6.07, 6.45) is -1.34. The van der Waals surface area contributed by atoms with Crippen LogP contribution in [0, 0.1) is 0 Å². The third-order valence-electron chi connectivity index (χ3n) is 1.61. The molecule has 0 saturated heterocycles. The topological polar surface area (TPSA) is 38.9 Å². The Balaban J connectivity index is 2.66. The van der Waals surface area contributed by atoms with Crippen molar-refractivity contribution >= 4 is 11.6 Å². The molecule has 0 amide bonds. The van der Waals surface area contributed by atoms with Gasteiger partial charge in [-0.2, -0.15) is 0 Å². The van der Waals surface area contributed by atoms with Gasteiger partial charge in [-0.05, 0) is 11.6 Å². The zero-order chi connectivity index (χ0) is 9.84. The average Bonchev–Trinajstić information content (AvgIpc) is 2.04. The van der Waals surface area contributed by atoms with E-state index < -0.39 is 12.5 Å². The standard InChI is InChI=1S/C8H9ClF2N2/c9-7-2-1-5(4-13-7)6(12)3-8(10)11/h1-2,4,6,8H,3,12H2/t6-/m1/s1. The molecule has 0 saturated carbocycles. The van der Waals surface area contributed by atoms with Gasteiger partial charge >= 0.3 is 0 Å². The first kappa shape index (κ1) is 10.3. The van der Waals surface area contributed by atoms with Gasteiger partial charge in [-0.1, -0.05) is 17.7 Å². The van der Waals surface area contributed by atoms with Crippen molar-refractivity contribution in [2.45, 2.75) is 18.9 Å². The highest BCUT2D eigenvalue weighted by Gasteiger charge is 2.12. The number of halogens is 3. The molecule has 72 valence electrons. The molecule has 0 aromatic carbocycles. The van der Waals surface area contributed by atoms with Crippen LogP contribution in [0.4, 0.5) is 8.78 Å². The minimum atomic E-state index is -2.40. The van der Waals surface area contributed by atoms with Crippen molar-refractivity contribution in [3.05, 3.63) is 29.0 Å². The second-order valence-electron chi connectivity index (χ2n) is 2.65. The molecule has 0 aliphatic carbocycles. The molecule has 1 rings (SSSR count). The minimum Gasteiger partial charge on any atom is -0.324 e. The summed E-state index contributed by atoms with van der Waals surface area (Å²) in [4.78, 5) is 3.75. The number of rotatable bonds is 3. The summed E-state index contributed by atoms with van der Waals surface area (Å²) >= 11 is 5.52. The van der Waals surface area contributed by atoms with Crippen molar-refractivity contribution in [3.63, 3.8) is 0 Å². The molecule has 1 atom stereocenters. The lowest BCUT2D eigenvalue weighted by molar-refractivity contribution is 0.128. The molecule has 1 aromatic rings. The SMILES string of the molecule is N[C@H](CC(F)F)c1ccc(Cl)nc1. The summed E-state index contributed by atoms with van der Waals surface area (Å²) in [6.45, 7) is 0. The first-order valence-corrected chi connectivity index (χ1v) is 4.12. The van der Waals surface area contributed by atoms with Crippen molar-refractivity contribution in [2.75, 3.05) is 0 Å². The Morgan fingerprint density at radius 3 is 2.62 bits per heavy atom. The van der Waals surface area contributed by atoms with Gasteiger partial charge in [0.25, 0.3) is 0 Å². The smallest absolute Gasteiger partial charge is 0.240 e. The van der Waals surface area contributed by atoms with E-state index in [0.717, 1.165) is 0 Å². The van der Waals surface area contributed by atoms with Gasteiger partial charge in [0, 0.05) is 18.7 Å². The number of pyridine rings is 1. The van der Waals surface area contributed by atoms with Gasteiger partial charge in [0.15, 0.2) is 0 Å². The summed E-state index contributed by atoms with van der Waals surface area (Å²) in [6, 6.07) is 2.45. The molecular formula is C8H9ClF2N2. The van der Waals surface area contributed by atoms with Crippen molar-refractivity contribution in [1.29, 1.82) is 0 Å². The maximum absolute atomic E-state index is 11.9. The molecule has 0 aliphatic rings. The van der Waals surface area contributed by atoms with Crippen LogP contribution in [0.25, 0.3) is 0 Å². The van der Waals surface area contributed by atoms with Crippen LogP contribution in [0.1, 0.15) is 18.0 Å². The predicted octanol–water partition coefficient (Wildman–Crippen LogP) is 2.39. The largest absolute Gasteiger partial charge is 0.324 e. The summed E-state index contributed by atoms with van der Waals surface area (Å²) in [7, 11) is 0. The third kappa shape index (κ3) is 3.24. The van der Waals surface area contributed by atoms with Crippen LogP contribution in [0.15, 0.2) is 18.3 Å². The van der Waals surface area contributed by atoms with Crippen LogP contribution in [0.3, 0.4) is 0 Å². The molecule has 0 bridgehead atoms. The Bertz CT molecular complexity index is 263. The monoisotopic (exact) mass is 206 g/mol. The van der Waals surface area contributed by atoms with Crippen LogP contribution in [0.2, 0.25) is 5.15 Å². The van der Waals surface area contributed by atoms with Crippen LogP contribution in [-0.2, 0) is 0 Å². The van der Waals surface area contributed by atoms with E-state index in [9.17, 15) is 8.78 Å². The summed E-state index contributed by atoms with van der Waals surface area (Å²) in [5, 5.41) is 0.327. The molecule has 2 N–H and O–H groups in total. The van der Waals surface area contributed by atoms with E-state index in [2.05, 4.69) is 4.98 Å². The van der Waals surface area contributed by atoms with E-state index in [-0.39, 0.29) is 6.42 Å². The molecule has 5 heteroatoms. The van der Waals surface area contributed by atoms with Crippen LogP contribution in [-0.4, -0.2) is 11.4 Å². The maximum Gasteiger partial charge on any atom is 0.240 e. The van der Waals surface area contributed by atoms with E-state index in [0.29, 0.717) is 10.7 Å².